The molecule has 0 N–H and O–H groups in total. The molecule has 0 amide bonds. The quantitative estimate of drug-likeness (QED) is 0.513. The number of rotatable bonds is 0. The topological polar surface area (TPSA) is 0 Å². The van der Waals surface area contributed by atoms with Crippen molar-refractivity contribution in [1.29, 1.82) is 0 Å². The van der Waals surface area contributed by atoms with Gasteiger partial charge in [-0.25, -0.2) is 0 Å². The monoisotopic (exact) mass is 156 g/mol. The molecule has 0 aromatic carbocycles. The number of hydrogen-bond donors (Lipinski definition) is 0. The van der Waals surface area contributed by atoms with Gasteiger partial charge in [0.15, 0.2) is 0 Å². The highest BCUT2D eigenvalue weighted by Gasteiger charge is 2.06. The maximum Gasteiger partial charge on any atom is -0.00561 e. The lowest BCUT2D eigenvalue weighted by atomic mass is 10.3. The van der Waals surface area contributed by atoms with Gasteiger partial charge in [0.05, 0.1) is 0 Å². The predicted octanol–water partition coefficient (Wildman–Crippen LogP) is 3.25. The molecule has 0 saturated heterocycles. The molecule has 0 atom stereocenters. The zero-order valence-electron chi connectivity index (χ0n) is 7.46. The maximum atomic E-state index is 4.96. The molecule has 0 saturated carbocycles. The average Bonchev–Trinajstić information content (AvgIpc) is 2.74. The van der Waals surface area contributed by atoms with E-state index >= 15 is 0 Å². The first kappa shape index (κ1) is 8.62. The first-order chi connectivity index (χ1) is 5.77. The SMILES string of the molecule is C#CC(C)=CC.c1cc2cc-2c1. The van der Waals surface area contributed by atoms with Crippen LogP contribution in [0.25, 0.3) is 11.1 Å². The first-order valence-corrected chi connectivity index (χ1v) is 3.98. The van der Waals surface area contributed by atoms with Gasteiger partial charge >= 0.3 is 0 Å². The van der Waals surface area contributed by atoms with Crippen LogP contribution < -0.4 is 0 Å². The maximum absolute atomic E-state index is 4.96. The van der Waals surface area contributed by atoms with Crippen molar-refractivity contribution in [2.75, 3.05) is 0 Å². The van der Waals surface area contributed by atoms with Gasteiger partial charge in [-0.3, -0.25) is 0 Å². The second-order valence-electron chi connectivity index (χ2n) is 2.70. The van der Waals surface area contributed by atoms with Crippen LogP contribution >= 0.6 is 0 Å². The first-order valence-electron chi connectivity index (χ1n) is 3.98. The van der Waals surface area contributed by atoms with Crippen molar-refractivity contribution in [1.82, 2.24) is 0 Å². The fraction of sp³-hybridized carbons (Fsp3) is 0.167. The van der Waals surface area contributed by atoms with Crippen molar-refractivity contribution in [2.24, 2.45) is 0 Å². The van der Waals surface area contributed by atoms with Crippen molar-refractivity contribution in [3.05, 3.63) is 35.9 Å². The third-order valence-electron chi connectivity index (χ3n) is 1.77. The normalized spacial score (nSPS) is 10.9. The van der Waals surface area contributed by atoms with E-state index in [0.717, 1.165) is 5.57 Å². The van der Waals surface area contributed by atoms with E-state index in [9.17, 15) is 0 Å². The standard InChI is InChI=1S/C6H4.C6H8/c1-2-5-4-6(5)3-1;1-4-6(3)5-2/h1-4H;1,5H,2-3H3. The van der Waals surface area contributed by atoms with Crippen molar-refractivity contribution < 1.29 is 0 Å². The van der Waals surface area contributed by atoms with Crippen molar-refractivity contribution >= 4 is 0 Å². The Balaban J connectivity index is 0.000000120. The molecule has 0 bridgehead atoms. The van der Waals surface area contributed by atoms with Crippen LogP contribution in [0.2, 0.25) is 0 Å². The second-order valence-corrected chi connectivity index (χ2v) is 2.70. The van der Waals surface area contributed by atoms with Gasteiger partial charge in [0.1, 0.15) is 0 Å². The van der Waals surface area contributed by atoms with Crippen molar-refractivity contribution in [3.8, 4) is 23.5 Å². The van der Waals surface area contributed by atoms with Crippen LogP contribution in [-0.2, 0) is 0 Å². The summed E-state index contributed by atoms with van der Waals surface area (Å²) in [5.41, 5.74) is 3.85. The highest BCUT2D eigenvalue weighted by Crippen LogP contribution is 2.32. The highest BCUT2D eigenvalue weighted by atomic mass is 14.1. The van der Waals surface area contributed by atoms with Crippen LogP contribution in [0.1, 0.15) is 13.8 Å². The Kier molecular flexibility index (Phi) is 2.71. The van der Waals surface area contributed by atoms with E-state index in [4.69, 9.17) is 6.42 Å². The molecule has 0 unspecified atom stereocenters. The minimum atomic E-state index is 0.995. The van der Waals surface area contributed by atoms with E-state index < -0.39 is 0 Å². The van der Waals surface area contributed by atoms with E-state index in [0.29, 0.717) is 0 Å². The van der Waals surface area contributed by atoms with Gasteiger partial charge in [0, 0.05) is 0 Å². The summed E-state index contributed by atoms with van der Waals surface area (Å²) < 4.78 is 0. The van der Waals surface area contributed by atoms with Gasteiger partial charge in [0.25, 0.3) is 0 Å². The summed E-state index contributed by atoms with van der Waals surface area (Å²) in [6.45, 7) is 3.83. The summed E-state index contributed by atoms with van der Waals surface area (Å²) in [7, 11) is 0. The van der Waals surface area contributed by atoms with Crippen molar-refractivity contribution in [2.45, 2.75) is 13.8 Å². The fourth-order valence-corrected chi connectivity index (χ4v) is 0.759. The Hall–Kier alpha value is -1.48. The molecular formula is C12H12. The molecule has 0 aliphatic heterocycles. The molecule has 0 aromatic rings. The molecule has 0 spiro atoms. The van der Waals surface area contributed by atoms with Gasteiger partial charge in [-0.15, -0.1) is 6.42 Å². The van der Waals surface area contributed by atoms with Gasteiger partial charge < -0.3 is 0 Å². The van der Waals surface area contributed by atoms with Gasteiger partial charge in [-0.1, -0.05) is 30.2 Å². The number of hydrogen-bond acceptors (Lipinski definition) is 0. The zero-order valence-corrected chi connectivity index (χ0v) is 7.46. The van der Waals surface area contributed by atoms with Gasteiger partial charge in [-0.05, 0) is 36.6 Å². The molecule has 0 aromatic heterocycles. The number of benzene rings is 1. The molecule has 12 heavy (non-hydrogen) atoms. The summed E-state index contributed by atoms with van der Waals surface area (Å²) in [5.74, 6) is 2.48. The molecule has 2 aliphatic rings. The Morgan fingerprint density at radius 3 is 2.08 bits per heavy atom. The fourth-order valence-electron chi connectivity index (χ4n) is 0.759. The molecule has 0 fully saturated rings. The summed E-state index contributed by atoms with van der Waals surface area (Å²) in [4.78, 5) is 0. The number of allylic oxidation sites excluding steroid dienone is 2. The van der Waals surface area contributed by atoms with E-state index in [-0.39, 0.29) is 0 Å². The predicted molar refractivity (Wildman–Crippen MR) is 53.7 cm³/mol. The summed E-state index contributed by atoms with van der Waals surface area (Å²) in [6.07, 6.45) is 6.87. The van der Waals surface area contributed by atoms with Crippen LogP contribution in [0, 0.1) is 12.3 Å². The molecule has 60 valence electrons. The Morgan fingerprint density at radius 1 is 1.42 bits per heavy atom. The second kappa shape index (κ2) is 3.78. The highest BCUT2D eigenvalue weighted by molar-refractivity contribution is 5.80. The molecule has 0 heteroatoms. The van der Waals surface area contributed by atoms with Crippen LogP contribution in [0.5, 0.6) is 0 Å². The Morgan fingerprint density at radius 2 is 2.00 bits per heavy atom. The number of terminal acetylenes is 1. The van der Waals surface area contributed by atoms with E-state index in [1.54, 1.807) is 0 Å². The molecule has 0 heterocycles. The van der Waals surface area contributed by atoms with Gasteiger partial charge in [0.2, 0.25) is 0 Å². The molecule has 0 radical (unpaired) electrons. The smallest absolute Gasteiger partial charge is 0.00561 e. The van der Waals surface area contributed by atoms with E-state index in [1.165, 1.54) is 11.1 Å². The summed E-state index contributed by atoms with van der Waals surface area (Å²) >= 11 is 0. The molecule has 0 nitrogen and oxygen atoms in total. The largest absolute Gasteiger partial charge is 0.115 e. The lowest BCUT2D eigenvalue weighted by Gasteiger charge is -1.74. The van der Waals surface area contributed by atoms with Crippen LogP contribution in [0.4, 0.5) is 0 Å². The third kappa shape index (κ3) is 2.29. The van der Waals surface area contributed by atoms with Crippen LogP contribution in [-0.4, -0.2) is 0 Å². The van der Waals surface area contributed by atoms with E-state index in [1.807, 2.05) is 19.9 Å². The van der Waals surface area contributed by atoms with Crippen LogP contribution in [0.3, 0.4) is 0 Å². The van der Waals surface area contributed by atoms with Crippen molar-refractivity contribution in [3.63, 3.8) is 0 Å². The Bertz CT molecular complexity index is 320. The van der Waals surface area contributed by atoms with Gasteiger partial charge in [-0.2, -0.15) is 0 Å². The lowest BCUT2D eigenvalue weighted by molar-refractivity contribution is 1.52. The third-order valence-corrected chi connectivity index (χ3v) is 1.77. The minimum Gasteiger partial charge on any atom is -0.115 e. The molecule has 2 rings (SSSR count). The number of fused-ring (bicyclic) bond motifs is 1. The van der Waals surface area contributed by atoms with E-state index in [2.05, 4.69) is 30.2 Å². The minimum absolute atomic E-state index is 0.995. The molecule has 2 aliphatic carbocycles. The zero-order chi connectivity index (χ0) is 8.97. The molecular weight excluding hydrogens is 144 g/mol. The summed E-state index contributed by atoms with van der Waals surface area (Å²) in [6, 6.07) is 8.48. The Labute approximate surface area is 73.9 Å². The lowest BCUT2D eigenvalue weighted by Crippen LogP contribution is -1.58. The van der Waals surface area contributed by atoms with Crippen LogP contribution in [0.15, 0.2) is 35.9 Å². The average molecular weight is 156 g/mol. The summed E-state index contributed by atoms with van der Waals surface area (Å²) in [5, 5.41) is 0.